The number of benzene rings is 2. The van der Waals surface area contributed by atoms with Crippen LogP contribution in [0.3, 0.4) is 0 Å². The third kappa shape index (κ3) is 4.22. The lowest BCUT2D eigenvalue weighted by molar-refractivity contribution is -0.127. The van der Waals surface area contributed by atoms with Crippen molar-refractivity contribution >= 4 is 40.2 Å². The molecule has 0 spiro atoms. The quantitative estimate of drug-likeness (QED) is 0.328. The zero-order valence-electron chi connectivity index (χ0n) is 18.9. The summed E-state index contributed by atoms with van der Waals surface area (Å²) in [6.07, 6.45) is 2.50. The average Bonchev–Trinajstić information content (AvgIpc) is 3.59. The fourth-order valence-corrected chi connectivity index (χ4v) is 4.17. The summed E-state index contributed by atoms with van der Waals surface area (Å²) in [6.45, 7) is 0.863. The van der Waals surface area contributed by atoms with Gasteiger partial charge in [0.1, 0.15) is 12.1 Å². The van der Waals surface area contributed by atoms with Gasteiger partial charge in [-0.1, -0.05) is 23.4 Å². The molecule has 1 fully saturated rings. The molecular formula is C25H20FN5O5. The van der Waals surface area contributed by atoms with Gasteiger partial charge in [0.25, 0.3) is 23.5 Å². The molecule has 2 N–H and O–H groups in total. The van der Waals surface area contributed by atoms with Crippen LogP contribution in [0.1, 0.15) is 31.1 Å². The highest BCUT2D eigenvalue weighted by Crippen LogP contribution is 2.27. The summed E-state index contributed by atoms with van der Waals surface area (Å²) in [5.41, 5.74) is 0.511. The highest BCUT2D eigenvalue weighted by atomic mass is 19.1. The summed E-state index contributed by atoms with van der Waals surface area (Å²) >= 11 is 0. The van der Waals surface area contributed by atoms with Gasteiger partial charge in [-0.25, -0.2) is 4.39 Å². The van der Waals surface area contributed by atoms with Crippen LogP contribution in [0.2, 0.25) is 0 Å². The molecule has 4 aromatic rings. The predicted molar refractivity (Wildman–Crippen MR) is 126 cm³/mol. The molecule has 36 heavy (non-hydrogen) atoms. The van der Waals surface area contributed by atoms with Crippen molar-refractivity contribution in [1.29, 1.82) is 0 Å². The lowest BCUT2D eigenvalue weighted by Gasteiger charge is -2.34. The van der Waals surface area contributed by atoms with Crippen LogP contribution in [-0.4, -0.2) is 69.6 Å². The summed E-state index contributed by atoms with van der Waals surface area (Å²) in [6, 6.07) is 12.6. The SMILES string of the molecule is O=C(Nc1ccon1)c1ccc(F)c2c(C(=O)C(=O)N3CCN(C(=O)c4ccccc4)CC3)c[nH]c12. The molecule has 0 bridgehead atoms. The van der Waals surface area contributed by atoms with E-state index in [0.717, 1.165) is 6.07 Å². The number of aromatic nitrogens is 2. The number of piperazine rings is 1. The molecule has 0 unspecified atom stereocenters. The molecule has 0 saturated carbocycles. The minimum Gasteiger partial charge on any atom is -0.363 e. The zero-order valence-corrected chi connectivity index (χ0v) is 18.9. The van der Waals surface area contributed by atoms with Gasteiger partial charge in [-0.05, 0) is 24.3 Å². The van der Waals surface area contributed by atoms with Crippen molar-refractivity contribution in [2.45, 2.75) is 0 Å². The first-order valence-corrected chi connectivity index (χ1v) is 11.1. The molecule has 3 heterocycles. The fourth-order valence-electron chi connectivity index (χ4n) is 4.17. The molecule has 3 amide bonds. The van der Waals surface area contributed by atoms with Crippen molar-refractivity contribution in [3.63, 3.8) is 0 Å². The van der Waals surface area contributed by atoms with E-state index in [-0.39, 0.29) is 59.9 Å². The van der Waals surface area contributed by atoms with Crippen molar-refractivity contribution in [3.05, 3.63) is 83.5 Å². The number of ketones is 1. The van der Waals surface area contributed by atoms with Crippen LogP contribution >= 0.6 is 0 Å². The van der Waals surface area contributed by atoms with Gasteiger partial charge in [-0.3, -0.25) is 19.2 Å². The Hall–Kier alpha value is -4.80. The summed E-state index contributed by atoms with van der Waals surface area (Å²) in [5.74, 6) is -3.04. The van der Waals surface area contributed by atoms with Crippen LogP contribution in [0.15, 0.2) is 65.5 Å². The Morgan fingerprint density at radius 2 is 1.64 bits per heavy atom. The topological polar surface area (TPSA) is 129 Å². The van der Waals surface area contributed by atoms with Gasteiger partial charge in [-0.2, -0.15) is 0 Å². The standard InChI is InChI=1S/C25H20FN5O5/c26-18-7-6-16(23(33)28-19-8-13-36-29-19)21-20(18)17(14-27-21)22(32)25(35)31-11-9-30(10-12-31)24(34)15-4-2-1-3-5-15/h1-8,13-14,27H,9-12H2,(H,28,29,33). The van der Waals surface area contributed by atoms with E-state index >= 15 is 0 Å². The minimum absolute atomic E-state index is 0.0638. The maximum Gasteiger partial charge on any atom is 0.295 e. The normalized spacial score (nSPS) is 13.6. The van der Waals surface area contributed by atoms with E-state index in [9.17, 15) is 23.6 Å². The third-order valence-electron chi connectivity index (χ3n) is 6.02. The minimum atomic E-state index is -0.906. The maximum atomic E-state index is 14.8. The largest absolute Gasteiger partial charge is 0.363 e. The van der Waals surface area contributed by atoms with E-state index in [1.54, 1.807) is 29.2 Å². The second-order valence-electron chi connectivity index (χ2n) is 8.17. The van der Waals surface area contributed by atoms with Crippen molar-refractivity contribution in [1.82, 2.24) is 19.9 Å². The number of hydrogen-bond acceptors (Lipinski definition) is 6. The maximum absolute atomic E-state index is 14.8. The molecule has 1 aliphatic heterocycles. The highest BCUT2D eigenvalue weighted by molar-refractivity contribution is 6.45. The molecule has 10 nitrogen and oxygen atoms in total. The van der Waals surface area contributed by atoms with Crippen molar-refractivity contribution in [2.24, 2.45) is 0 Å². The Morgan fingerprint density at radius 1 is 0.917 bits per heavy atom. The van der Waals surface area contributed by atoms with E-state index < -0.39 is 23.4 Å². The predicted octanol–water partition coefficient (Wildman–Crippen LogP) is 2.71. The molecule has 5 rings (SSSR count). The molecule has 1 saturated heterocycles. The van der Waals surface area contributed by atoms with Gasteiger partial charge in [0.05, 0.1) is 16.6 Å². The summed E-state index contributed by atoms with van der Waals surface area (Å²) in [7, 11) is 0. The second-order valence-corrected chi connectivity index (χ2v) is 8.17. The van der Waals surface area contributed by atoms with Crippen LogP contribution in [0, 0.1) is 5.82 Å². The fraction of sp³-hybridized carbons (Fsp3) is 0.160. The number of carbonyl (C=O) groups is 4. The number of H-pyrrole nitrogens is 1. The van der Waals surface area contributed by atoms with Crippen LogP contribution < -0.4 is 5.32 Å². The molecule has 1 aliphatic rings. The first-order valence-electron chi connectivity index (χ1n) is 11.1. The Morgan fingerprint density at radius 3 is 2.33 bits per heavy atom. The van der Waals surface area contributed by atoms with Gasteiger partial charge >= 0.3 is 0 Å². The summed E-state index contributed by atoms with van der Waals surface area (Å²) in [4.78, 5) is 57.0. The number of rotatable bonds is 5. The Labute approximate surface area is 203 Å². The Balaban J connectivity index is 1.32. The zero-order chi connectivity index (χ0) is 25.2. The van der Waals surface area contributed by atoms with Crippen molar-refractivity contribution in [3.8, 4) is 0 Å². The smallest absolute Gasteiger partial charge is 0.295 e. The van der Waals surface area contributed by atoms with Crippen molar-refractivity contribution < 1.29 is 28.1 Å². The number of aromatic amines is 1. The van der Waals surface area contributed by atoms with E-state index in [2.05, 4.69) is 20.0 Å². The lowest BCUT2D eigenvalue weighted by atomic mass is 10.0. The number of anilines is 1. The number of carbonyl (C=O) groups excluding carboxylic acids is 4. The number of hydrogen-bond donors (Lipinski definition) is 2. The van der Waals surface area contributed by atoms with Crippen LogP contribution in [0.4, 0.5) is 10.2 Å². The number of halogens is 1. The van der Waals surface area contributed by atoms with Gasteiger partial charge in [0.15, 0.2) is 5.82 Å². The van der Waals surface area contributed by atoms with E-state index in [4.69, 9.17) is 0 Å². The Bertz CT molecular complexity index is 1460. The highest BCUT2D eigenvalue weighted by Gasteiger charge is 2.31. The molecular weight excluding hydrogens is 469 g/mol. The lowest BCUT2D eigenvalue weighted by Crippen LogP contribution is -2.52. The number of nitrogens with one attached hydrogen (secondary N) is 2. The van der Waals surface area contributed by atoms with Crippen LogP contribution in [-0.2, 0) is 4.79 Å². The van der Waals surface area contributed by atoms with Crippen LogP contribution in [0.25, 0.3) is 10.9 Å². The molecule has 182 valence electrons. The first-order chi connectivity index (χ1) is 17.4. The van der Waals surface area contributed by atoms with Crippen LogP contribution in [0.5, 0.6) is 0 Å². The van der Waals surface area contributed by atoms with Gasteiger partial charge in [-0.15, -0.1) is 0 Å². The van der Waals surface area contributed by atoms with E-state index in [1.807, 2.05) is 6.07 Å². The molecule has 11 heteroatoms. The summed E-state index contributed by atoms with van der Waals surface area (Å²) in [5, 5.41) is 5.96. The van der Waals surface area contributed by atoms with E-state index in [0.29, 0.717) is 5.56 Å². The summed E-state index contributed by atoms with van der Waals surface area (Å²) < 4.78 is 19.4. The van der Waals surface area contributed by atoms with Crippen molar-refractivity contribution in [2.75, 3.05) is 31.5 Å². The molecule has 2 aromatic carbocycles. The van der Waals surface area contributed by atoms with Gasteiger partial charge in [0, 0.05) is 49.4 Å². The monoisotopic (exact) mass is 489 g/mol. The number of amides is 3. The first kappa shape index (κ1) is 23.0. The van der Waals surface area contributed by atoms with Gasteiger partial charge < -0.3 is 24.6 Å². The number of nitrogens with zero attached hydrogens (tertiary/aromatic N) is 3. The average molecular weight is 489 g/mol. The molecule has 0 aliphatic carbocycles. The second kappa shape index (κ2) is 9.45. The van der Waals surface area contributed by atoms with E-state index in [1.165, 1.54) is 29.5 Å². The number of Topliss-reactive ketones (excluding diaryl/α,β-unsaturated/α-hetero) is 1. The van der Waals surface area contributed by atoms with Gasteiger partial charge in [0.2, 0.25) is 0 Å². The number of fused-ring (bicyclic) bond motifs is 1. The Kier molecular flexibility index (Phi) is 6.03. The molecule has 0 radical (unpaired) electrons. The molecule has 0 atom stereocenters. The third-order valence-corrected chi connectivity index (χ3v) is 6.02. The molecule has 2 aromatic heterocycles.